The van der Waals surface area contributed by atoms with Crippen molar-refractivity contribution in [3.8, 4) is 0 Å². The van der Waals surface area contributed by atoms with Gasteiger partial charge in [0.1, 0.15) is 6.04 Å². The summed E-state index contributed by atoms with van der Waals surface area (Å²) in [4.78, 5) is 30.7. The van der Waals surface area contributed by atoms with Gasteiger partial charge in [-0.3, -0.25) is 14.6 Å². The molecule has 2 aliphatic heterocycles. The molecule has 2 aliphatic rings. The monoisotopic (exact) mass is 338 g/mol. The number of benzene rings is 1. The standard InChI is InChI=1S/C19H22N4O2/c24-17-9-7-15(21-17)19(25)22-14-6-8-16(23-11-2-1-3-12-23)18-13(14)5-4-10-20-18/h4-6,8,10,15H,1-3,7,9,11-12H2,(H,21,24)(H,22,25)/t15-/m1/s1. The van der Waals surface area contributed by atoms with Crippen molar-refractivity contribution in [3.05, 3.63) is 30.5 Å². The molecular formula is C19H22N4O2. The van der Waals surface area contributed by atoms with Crippen LogP contribution in [0.3, 0.4) is 0 Å². The fourth-order valence-electron chi connectivity index (χ4n) is 3.69. The van der Waals surface area contributed by atoms with E-state index in [1.165, 1.54) is 19.3 Å². The first-order chi connectivity index (χ1) is 12.2. The third-order valence-corrected chi connectivity index (χ3v) is 5.01. The van der Waals surface area contributed by atoms with Crippen LogP contribution in [0.4, 0.5) is 11.4 Å². The number of carbonyl (C=O) groups is 2. The summed E-state index contributed by atoms with van der Waals surface area (Å²) in [5.74, 6) is -0.228. The van der Waals surface area contributed by atoms with E-state index < -0.39 is 6.04 Å². The predicted molar refractivity (Wildman–Crippen MR) is 97.6 cm³/mol. The Labute approximate surface area is 146 Å². The zero-order valence-corrected chi connectivity index (χ0v) is 14.1. The summed E-state index contributed by atoms with van der Waals surface area (Å²) >= 11 is 0. The Balaban J connectivity index is 1.64. The van der Waals surface area contributed by atoms with Crippen molar-refractivity contribution < 1.29 is 9.59 Å². The van der Waals surface area contributed by atoms with Crippen molar-refractivity contribution in [2.45, 2.75) is 38.1 Å². The molecule has 2 N–H and O–H groups in total. The van der Waals surface area contributed by atoms with Gasteiger partial charge in [0.2, 0.25) is 11.8 Å². The highest BCUT2D eigenvalue weighted by atomic mass is 16.2. The fourth-order valence-corrected chi connectivity index (χ4v) is 3.69. The molecule has 2 fully saturated rings. The third kappa shape index (κ3) is 3.16. The Morgan fingerprint density at radius 1 is 1.20 bits per heavy atom. The molecule has 130 valence electrons. The van der Waals surface area contributed by atoms with Crippen LogP contribution >= 0.6 is 0 Å². The molecular weight excluding hydrogens is 316 g/mol. The van der Waals surface area contributed by atoms with Gasteiger partial charge in [0.15, 0.2) is 0 Å². The normalized spacial score (nSPS) is 20.6. The number of pyridine rings is 1. The van der Waals surface area contributed by atoms with E-state index in [0.717, 1.165) is 35.4 Å². The second-order valence-electron chi connectivity index (χ2n) is 6.73. The van der Waals surface area contributed by atoms with E-state index >= 15 is 0 Å². The minimum absolute atomic E-state index is 0.0629. The van der Waals surface area contributed by atoms with Gasteiger partial charge in [-0.05, 0) is 49.9 Å². The van der Waals surface area contributed by atoms with Gasteiger partial charge < -0.3 is 15.5 Å². The average molecular weight is 338 g/mol. The van der Waals surface area contributed by atoms with Crippen LogP contribution in [0.5, 0.6) is 0 Å². The summed E-state index contributed by atoms with van der Waals surface area (Å²) in [7, 11) is 0. The SMILES string of the molecule is O=C1CC[C@H](C(=O)Nc2ccc(N3CCCCC3)c3ncccc23)N1. The van der Waals surface area contributed by atoms with Crippen LogP contribution in [0.1, 0.15) is 32.1 Å². The number of rotatable bonds is 3. The molecule has 6 heteroatoms. The van der Waals surface area contributed by atoms with Crippen LogP contribution in [0.25, 0.3) is 10.9 Å². The number of aromatic nitrogens is 1. The molecule has 0 saturated carbocycles. The van der Waals surface area contributed by atoms with E-state index in [4.69, 9.17) is 0 Å². The van der Waals surface area contributed by atoms with Crippen LogP contribution in [0.2, 0.25) is 0 Å². The maximum absolute atomic E-state index is 12.4. The van der Waals surface area contributed by atoms with Gasteiger partial charge >= 0.3 is 0 Å². The lowest BCUT2D eigenvalue weighted by molar-refractivity contribution is -0.122. The third-order valence-electron chi connectivity index (χ3n) is 5.01. The molecule has 0 unspecified atom stereocenters. The Hall–Kier alpha value is -2.63. The zero-order valence-electron chi connectivity index (χ0n) is 14.1. The fraction of sp³-hybridized carbons (Fsp3) is 0.421. The number of amides is 2. The summed E-state index contributed by atoms with van der Waals surface area (Å²) in [5.41, 5.74) is 2.79. The molecule has 0 bridgehead atoms. The molecule has 0 aliphatic carbocycles. The average Bonchev–Trinajstić information content (AvgIpc) is 3.09. The molecule has 25 heavy (non-hydrogen) atoms. The molecule has 3 heterocycles. The highest BCUT2D eigenvalue weighted by Crippen LogP contribution is 2.32. The summed E-state index contributed by atoms with van der Waals surface area (Å²) in [6.07, 6.45) is 6.44. The van der Waals surface area contributed by atoms with E-state index in [1.54, 1.807) is 6.20 Å². The lowest BCUT2D eigenvalue weighted by Crippen LogP contribution is -2.37. The Morgan fingerprint density at radius 3 is 2.80 bits per heavy atom. The number of nitrogens with one attached hydrogen (secondary N) is 2. The number of fused-ring (bicyclic) bond motifs is 1. The number of hydrogen-bond donors (Lipinski definition) is 2. The first kappa shape index (κ1) is 15.9. The van der Waals surface area contributed by atoms with E-state index in [1.807, 2.05) is 24.3 Å². The Bertz CT molecular complexity index is 814. The van der Waals surface area contributed by atoms with E-state index in [0.29, 0.717) is 12.8 Å². The van der Waals surface area contributed by atoms with Crippen molar-refractivity contribution in [3.63, 3.8) is 0 Å². The lowest BCUT2D eigenvalue weighted by atomic mass is 10.1. The number of anilines is 2. The molecule has 1 atom stereocenters. The maximum atomic E-state index is 12.4. The summed E-state index contributed by atoms with van der Waals surface area (Å²) in [6.45, 7) is 2.09. The summed E-state index contributed by atoms with van der Waals surface area (Å²) in [6, 6.07) is 7.42. The van der Waals surface area contributed by atoms with Crippen LogP contribution in [0, 0.1) is 0 Å². The highest BCUT2D eigenvalue weighted by Gasteiger charge is 2.27. The molecule has 2 aromatic rings. The number of nitrogens with zero attached hydrogens (tertiary/aromatic N) is 2. The Kier molecular flexibility index (Phi) is 4.26. The summed E-state index contributed by atoms with van der Waals surface area (Å²) < 4.78 is 0. The van der Waals surface area contributed by atoms with E-state index in [9.17, 15) is 9.59 Å². The van der Waals surface area contributed by atoms with Gasteiger partial charge in [0.25, 0.3) is 0 Å². The second-order valence-corrected chi connectivity index (χ2v) is 6.73. The number of carbonyl (C=O) groups excluding carboxylic acids is 2. The van der Waals surface area contributed by atoms with Crippen LogP contribution < -0.4 is 15.5 Å². The van der Waals surface area contributed by atoms with Gasteiger partial charge in [-0.1, -0.05) is 0 Å². The van der Waals surface area contributed by atoms with Crippen molar-refractivity contribution in [1.82, 2.24) is 10.3 Å². The van der Waals surface area contributed by atoms with Crippen molar-refractivity contribution >= 4 is 34.1 Å². The van der Waals surface area contributed by atoms with Gasteiger partial charge in [0, 0.05) is 31.1 Å². The number of piperidine rings is 1. The van der Waals surface area contributed by atoms with Crippen LogP contribution in [-0.4, -0.2) is 35.9 Å². The molecule has 6 nitrogen and oxygen atoms in total. The minimum Gasteiger partial charge on any atom is -0.370 e. The van der Waals surface area contributed by atoms with Gasteiger partial charge in [-0.2, -0.15) is 0 Å². The quantitative estimate of drug-likeness (QED) is 0.901. The molecule has 1 aromatic carbocycles. The smallest absolute Gasteiger partial charge is 0.246 e. The molecule has 2 amide bonds. The van der Waals surface area contributed by atoms with Gasteiger partial charge in [-0.25, -0.2) is 0 Å². The first-order valence-corrected chi connectivity index (χ1v) is 8.95. The maximum Gasteiger partial charge on any atom is 0.246 e. The van der Waals surface area contributed by atoms with Crippen LogP contribution in [0.15, 0.2) is 30.5 Å². The molecule has 2 saturated heterocycles. The summed E-state index contributed by atoms with van der Waals surface area (Å²) in [5, 5.41) is 6.61. The van der Waals surface area contributed by atoms with Crippen molar-refractivity contribution in [2.75, 3.05) is 23.3 Å². The minimum atomic E-state index is -0.444. The Morgan fingerprint density at radius 2 is 2.04 bits per heavy atom. The molecule has 0 radical (unpaired) electrons. The second kappa shape index (κ2) is 6.70. The lowest BCUT2D eigenvalue weighted by Gasteiger charge is -2.29. The van der Waals surface area contributed by atoms with E-state index in [-0.39, 0.29) is 11.8 Å². The van der Waals surface area contributed by atoms with Crippen molar-refractivity contribution in [2.24, 2.45) is 0 Å². The zero-order chi connectivity index (χ0) is 17.2. The molecule has 1 aromatic heterocycles. The molecule has 0 spiro atoms. The number of hydrogen-bond acceptors (Lipinski definition) is 4. The predicted octanol–water partition coefficient (Wildman–Crippen LogP) is 2.44. The van der Waals surface area contributed by atoms with E-state index in [2.05, 4.69) is 20.5 Å². The first-order valence-electron chi connectivity index (χ1n) is 8.95. The van der Waals surface area contributed by atoms with Crippen molar-refractivity contribution in [1.29, 1.82) is 0 Å². The highest BCUT2D eigenvalue weighted by molar-refractivity contribution is 6.07. The topological polar surface area (TPSA) is 74.3 Å². The molecule has 4 rings (SSSR count). The largest absolute Gasteiger partial charge is 0.370 e. The van der Waals surface area contributed by atoms with Gasteiger partial charge in [-0.15, -0.1) is 0 Å². The van der Waals surface area contributed by atoms with Crippen LogP contribution in [-0.2, 0) is 9.59 Å². The van der Waals surface area contributed by atoms with Gasteiger partial charge in [0.05, 0.1) is 16.9 Å².